The van der Waals surface area contributed by atoms with E-state index in [0.29, 0.717) is 11.4 Å². The summed E-state index contributed by atoms with van der Waals surface area (Å²) in [5.74, 6) is -0.129. The Kier molecular flexibility index (Phi) is 4.81. The summed E-state index contributed by atoms with van der Waals surface area (Å²) in [4.78, 5) is 11.9. The summed E-state index contributed by atoms with van der Waals surface area (Å²) in [6.07, 6.45) is -0.979. The Morgan fingerprint density at radius 2 is 1.96 bits per heavy atom. The molecule has 1 atom stereocenters. The summed E-state index contributed by atoms with van der Waals surface area (Å²) in [7, 11) is -2.59. The van der Waals surface area contributed by atoms with Crippen LogP contribution in [0.5, 0.6) is 5.75 Å². The van der Waals surface area contributed by atoms with Crippen LogP contribution in [0, 0.1) is 0 Å². The van der Waals surface area contributed by atoms with E-state index in [4.69, 9.17) is 27.9 Å². The van der Waals surface area contributed by atoms with Crippen LogP contribution in [0.4, 0.5) is 5.69 Å². The lowest BCUT2D eigenvalue weighted by molar-refractivity contribution is -0.127. The van der Waals surface area contributed by atoms with Crippen molar-refractivity contribution in [1.82, 2.24) is 5.32 Å². The first-order valence-corrected chi connectivity index (χ1v) is 9.49. The molecule has 0 saturated heterocycles. The predicted octanol–water partition coefficient (Wildman–Crippen LogP) is 2.70. The summed E-state index contributed by atoms with van der Waals surface area (Å²) in [6.45, 7) is -0.179. The predicted molar refractivity (Wildman–Crippen MR) is 95.9 cm³/mol. The maximum Gasteiger partial charge on any atom is 0.266 e. The number of hydrogen-bond donors (Lipinski definition) is 1. The number of para-hydroxylation sites is 2. The molecular formula is C16H14Cl2N2O4S. The van der Waals surface area contributed by atoms with E-state index in [1.165, 1.54) is 25.2 Å². The molecule has 1 aliphatic rings. The van der Waals surface area contributed by atoms with Gasteiger partial charge < -0.3 is 10.1 Å². The van der Waals surface area contributed by atoms with Gasteiger partial charge in [-0.3, -0.25) is 9.10 Å². The van der Waals surface area contributed by atoms with Crippen LogP contribution in [-0.4, -0.2) is 34.0 Å². The second-order valence-corrected chi connectivity index (χ2v) is 7.97. The van der Waals surface area contributed by atoms with E-state index in [9.17, 15) is 13.2 Å². The average Bonchev–Trinajstić information content (AvgIpc) is 2.61. The van der Waals surface area contributed by atoms with E-state index in [0.717, 1.165) is 4.31 Å². The van der Waals surface area contributed by atoms with Gasteiger partial charge in [0, 0.05) is 12.1 Å². The monoisotopic (exact) mass is 400 g/mol. The molecule has 2 aromatic rings. The molecule has 1 amide bonds. The molecule has 3 rings (SSSR count). The second-order valence-electron chi connectivity index (χ2n) is 5.30. The van der Waals surface area contributed by atoms with Crippen molar-refractivity contribution < 1.29 is 17.9 Å². The lowest BCUT2D eigenvalue weighted by Gasteiger charge is -2.34. The molecule has 132 valence electrons. The minimum absolute atomic E-state index is 0.0462. The summed E-state index contributed by atoms with van der Waals surface area (Å²) in [5.41, 5.74) is 0.332. The Balaban J connectivity index is 2.13. The molecule has 25 heavy (non-hydrogen) atoms. The van der Waals surface area contributed by atoms with Crippen molar-refractivity contribution in [2.24, 2.45) is 0 Å². The highest BCUT2D eigenvalue weighted by atomic mass is 35.5. The summed E-state index contributed by atoms with van der Waals surface area (Å²) < 4.78 is 33.1. The van der Waals surface area contributed by atoms with Gasteiger partial charge in [-0.15, -0.1) is 0 Å². The minimum atomic E-state index is -4.05. The van der Waals surface area contributed by atoms with Crippen molar-refractivity contribution in [3.8, 4) is 5.75 Å². The van der Waals surface area contributed by atoms with Crippen LogP contribution < -0.4 is 14.4 Å². The fourth-order valence-electron chi connectivity index (χ4n) is 2.52. The van der Waals surface area contributed by atoms with Crippen LogP contribution >= 0.6 is 23.2 Å². The van der Waals surface area contributed by atoms with Gasteiger partial charge in [-0.25, -0.2) is 8.42 Å². The standard InChI is InChI=1S/C16H14Cl2N2O4S/c1-19-16(21)14-9-20(12-4-2-3-5-13(12)24-14)25(22,23)15-8-10(17)6-7-11(15)18/h2-8,14H,9H2,1H3,(H,19,21). The van der Waals surface area contributed by atoms with Crippen LogP contribution in [0.25, 0.3) is 0 Å². The highest BCUT2D eigenvalue weighted by Crippen LogP contribution is 2.38. The van der Waals surface area contributed by atoms with Gasteiger partial charge in [0.1, 0.15) is 10.6 Å². The van der Waals surface area contributed by atoms with Crippen molar-refractivity contribution >= 4 is 44.8 Å². The lowest BCUT2D eigenvalue weighted by atomic mass is 10.2. The molecule has 2 aromatic carbocycles. The van der Waals surface area contributed by atoms with Crippen LogP contribution in [-0.2, 0) is 14.8 Å². The van der Waals surface area contributed by atoms with Gasteiger partial charge in [0.15, 0.2) is 6.10 Å². The van der Waals surface area contributed by atoms with E-state index in [2.05, 4.69) is 5.32 Å². The third kappa shape index (κ3) is 3.27. The molecule has 0 radical (unpaired) electrons. The largest absolute Gasteiger partial charge is 0.476 e. The number of anilines is 1. The zero-order valence-electron chi connectivity index (χ0n) is 13.1. The molecule has 0 fully saturated rings. The minimum Gasteiger partial charge on any atom is -0.476 e. The number of amides is 1. The molecule has 6 nitrogen and oxygen atoms in total. The first kappa shape index (κ1) is 17.8. The van der Waals surface area contributed by atoms with Crippen LogP contribution in [0.15, 0.2) is 47.4 Å². The quantitative estimate of drug-likeness (QED) is 0.858. The molecule has 1 heterocycles. The molecule has 0 aromatic heterocycles. The van der Waals surface area contributed by atoms with Crippen molar-refractivity contribution in [2.75, 3.05) is 17.9 Å². The van der Waals surface area contributed by atoms with E-state index in [-0.39, 0.29) is 21.5 Å². The topological polar surface area (TPSA) is 75.7 Å². The number of carbonyl (C=O) groups excluding carboxylic acids is 1. The number of fused-ring (bicyclic) bond motifs is 1. The molecule has 0 spiro atoms. The number of benzene rings is 2. The Hall–Kier alpha value is -1.96. The van der Waals surface area contributed by atoms with E-state index < -0.39 is 22.0 Å². The van der Waals surface area contributed by atoms with Gasteiger partial charge in [0.25, 0.3) is 15.9 Å². The van der Waals surface area contributed by atoms with Crippen molar-refractivity contribution in [1.29, 1.82) is 0 Å². The SMILES string of the molecule is CNC(=O)C1CN(S(=O)(=O)c2cc(Cl)ccc2Cl)c2ccccc2O1. The smallest absolute Gasteiger partial charge is 0.266 e. The zero-order chi connectivity index (χ0) is 18.2. The first-order chi connectivity index (χ1) is 11.8. The second kappa shape index (κ2) is 6.74. The number of likely N-dealkylation sites (N-methyl/N-ethyl adjacent to an activating group) is 1. The van der Waals surface area contributed by atoms with Gasteiger partial charge in [-0.2, -0.15) is 0 Å². The van der Waals surface area contributed by atoms with Crippen molar-refractivity contribution in [3.63, 3.8) is 0 Å². The number of sulfonamides is 1. The number of halogens is 2. The molecular weight excluding hydrogens is 387 g/mol. The van der Waals surface area contributed by atoms with Gasteiger partial charge in [0.05, 0.1) is 17.3 Å². The first-order valence-electron chi connectivity index (χ1n) is 7.29. The lowest BCUT2D eigenvalue weighted by Crippen LogP contribution is -2.50. The van der Waals surface area contributed by atoms with E-state index in [1.807, 2.05) is 0 Å². The Labute approximate surface area is 155 Å². The van der Waals surface area contributed by atoms with Crippen molar-refractivity contribution in [3.05, 3.63) is 52.5 Å². The van der Waals surface area contributed by atoms with E-state index >= 15 is 0 Å². The highest BCUT2D eigenvalue weighted by Gasteiger charge is 2.38. The third-order valence-corrected chi connectivity index (χ3v) is 6.23. The van der Waals surface area contributed by atoms with Crippen LogP contribution in [0.3, 0.4) is 0 Å². The maximum atomic E-state index is 13.2. The molecule has 0 bridgehead atoms. The molecule has 1 unspecified atom stereocenters. The van der Waals surface area contributed by atoms with E-state index in [1.54, 1.807) is 24.3 Å². The number of nitrogens with zero attached hydrogens (tertiary/aromatic N) is 1. The summed E-state index contributed by atoms with van der Waals surface area (Å²) in [6, 6.07) is 10.8. The Morgan fingerprint density at radius 3 is 2.68 bits per heavy atom. The Bertz CT molecular complexity index is 933. The number of carbonyl (C=O) groups is 1. The fraction of sp³-hybridized carbons (Fsp3) is 0.188. The molecule has 0 saturated carbocycles. The maximum absolute atomic E-state index is 13.2. The summed E-state index contributed by atoms with van der Waals surface area (Å²) in [5, 5.41) is 2.75. The van der Waals surface area contributed by atoms with Crippen LogP contribution in [0.2, 0.25) is 10.0 Å². The highest BCUT2D eigenvalue weighted by molar-refractivity contribution is 7.93. The van der Waals surface area contributed by atoms with Gasteiger partial charge >= 0.3 is 0 Å². The number of nitrogens with one attached hydrogen (secondary N) is 1. The fourth-order valence-corrected chi connectivity index (χ4v) is 4.74. The molecule has 0 aliphatic carbocycles. The van der Waals surface area contributed by atoms with Gasteiger partial charge in [0.2, 0.25) is 0 Å². The zero-order valence-corrected chi connectivity index (χ0v) is 15.4. The molecule has 1 aliphatic heterocycles. The summed E-state index contributed by atoms with van der Waals surface area (Å²) >= 11 is 12.0. The van der Waals surface area contributed by atoms with Gasteiger partial charge in [-0.05, 0) is 30.3 Å². The van der Waals surface area contributed by atoms with Crippen LogP contribution in [0.1, 0.15) is 0 Å². The average molecular weight is 401 g/mol. The number of ether oxygens (including phenoxy) is 1. The van der Waals surface area contributed by atoms with Gasteiger partial charge in [-0.1, -0.05) is 35.3 Å². The normalized spacial score (nSPS) is 16.8. The molecule has 9 heteroatoms. The Morgan fingerprint density at radius 1 is 1.24 bits per heavy atom. The number of rotatable bonds is 3. The number of hydrogen-bond acceptors (Lipinski definition) is 4. The third-order valence-electron chi connectivity index (χ3n) is 3.73. The van der Waals surface area contributed by atoms with Crippen molar-refractivity contribution in [2.45, 2.75) is 11.0 Å². The molecule has 1 N–H and O–H groups in total.